The SMILES string of the molecule is C1CSC(c2nc3c(s2)CNCC3)C1. The number of fused-ring (bicyclic) bond motifs is 1. The van der Waals surface area contributed by atoms with Crippen LogP contribution in [0.15, 0.2) is 0 Å². The summed E-state index contributed by atoms with van der Waals surface area (Å²) in [7, 11) is 0. The minimum absolute atomic E-state index is 0.714. The van der Waals surface area contributed by atoms with Crippen LogP contribution >= 0.6 is 23.1 Å². The van der Waals surface area contributed by atoms with Crippen molar-refractivity contribution in [3.8, 4) is 0 Å². The predicted molar refractivity (Wildman–Crippen MR) is 62.0 cm³/mol. The van der Waals surface area contributed by atoms with E-state index in [1.807, 2.05) is 11.3 Å². The molecule has 0 radical (unpaired) electrons. The summed E-state index contributed by atoms with van der Waals surface area (Å²) in [5, 5.41) is 5.51. The average molecular weight is 226 g/mol. The molecule has 2 aliphatic heterocycles. The van der Waals surface area contributed by atoms with Crippen LogP contribution in [0.5, 0.6) is 0 Å². The molecule has 1 aromatic rings. The van der Waals surface area contributed by atoms with Crippen LogP contribution in [0.2, 0.25) is 0 Å². The van der Waals surface area contributed by atoms with Gasteiger partial charge in [-0.2, -0.15) is 11.8 Å². The zero-order chi connectivity index (χ0) is 9.38. The first-order valence-corrected chi connectivity index (χ1v) is 7.11. The molecule has 0 amide bonds. The van der Waals surface area contributed by atoms with Gasteiger partial charge in [-0.05, 0) is 18.6 Å². The Bertz CT molecular complexity index is 305. The molecule has 4 heteroatoms. The molecule has 14 heavy (non-hydrogen) atoms. The fourth-order valence-corrected chi connectivity index (χ4v) is 4.65. The molecule has 0 aromatic carbocycles. The number of thiazole rings is 1. The van der Waals surface area contributed by atoms with Crippen molar-refractivity contribution in [2.24, 2.45) is 0 Å². The highest BCUT2D eigenvalue weighted by Crippen LogP contribution is 2.42. The zero-order valence-electron chi connectivity index (χ0n) is 8.08. The van der Waals surface area contributed by atoms with E-state index in [-0.39, 0.29) is 0 Å². The molecule has 0 spiro atoms. The Balaban J connectivity index is 1.87. The maximum Gasteiger partial charge on any atom is 0.106 e. The minimum Gasteiger partial charge on any atom is -0.311 e. The molecular weight excluding hydrogens is 212 g/mol. The lowest BCUT2D eigenvalue weighted by atomic mass is 10.2. The predicted octanol–water partition coefficient (Wildman–Crippen LogP) is 2.36. The number of nitrogens with zero attached hydrogens (tertiary/aromatic N) is 1. The molecule has 2 aliphatic rings. The largest absolute Gasteiger partial charge is 0.311 e. The second kappa shape index (κ2) is 3.83. The van der Waals surface area contributed by atoms with E-state index in [0.29, 0.717) is 5.25 Å². The molecule has 0 bridgehead atoms. The van der Waals surface area contributed by atoms with Gasteiger partial charge < -0.3 is 5.32 Å². The molecule has 76 valence electrons. The van der Waals surface area contributed by atoms with E-state index in [1.54, 1.807) is 0 Å². The summed E-state index contributed by atoms with van der Waals surface area (Å²) < 4.78 is 0. The van der Waals surface area contributed by atoms with Gasteiger partial charge in [0.1, 0.15) is 5.01 Å². The molecule has 1 aromatic heterocycles. The van der Waals surface area contributed by atoms with Crippen molar-refractivity contribution < 1.29 is 0 Å². The molecule has 1 saturated heterocycles. The number of thioether (sulfide) groups is 1. The Kier molecular flexibility index (Phi) is 2.51. The van der Waals surface area contributed by atoms with Gasteiger partial charge in [0.15, 0.2) is 0 Å². The van der Waals surface area contributed by atoms with Crippen LogP contribution in [0.3, 0.4) is 0 Å². The molecule has 1 unspecified atom stereocenters. The Morgan fingerprint density at radius 1 is 1.43 bits per heavy atom. The molecule has 3 heterocycles. The van der Waals surface area contributed by atoms with E-state index in [1.165, 1.54) is 34.2 Å². The van der Waals surface area contributed by atoms with Crippen LogP contribution in [0.1, 0.15) is 33.7 Å². The fourth-order valence-electron chi connectivity index (χ4n) is 2.06. The van der Waals surface area contributed by atoms with Crippen LogP contribution in [-0.2, 0) is 13.0 Å². The van der Waals surface area contributed by atoms with Crippen molar-refractivity contribution in [3.63, 3.8) is 0 Å². The molecule has 0 aliphatic carbocycles. The second-order valence-electron chi connectivity index (χ2n) is 3.85. The van der Waals surface area contributed by atoms with E-state index in [9.17, 15) is 0 Å². The monoisotopic (exact) mass is 226 g/mol. The van der Waals surface area contributed by atoms with E-state index < -0.39 is 0 Å². The van der Waals surface area contributed by atoms with E-state index >= 15 is 0 Å². The first-order valence-electron chi connectivity index (χ1n) is 5.24. The Morgan fingerprint density at radius 2 is 2.43 bits per heavy atom. The van der Waals surface area contributed by atoms with Gasteiger partial charge in [-0.3, -0.25) is 0 Å². The summed E-state index contributed by atoms with van der Waals surface area (Å²) in [5.74, 6) is 1.33. The molecule has 1 atom stereocenters. The molecule has 0 saturated carbocycles. The van der Waals surface area contributed by atoms with Gasteiger partial charge in [0.05, 0.1) is 10.9 Å². The highest BCUT2D eigenvalue weighted by Gasteiger charge is 2.23. The highest BCUT2D eigenvalue weighted by molar-refractivity contribution is 7.99. The van der Waals surface area contributed by atoms with E-state index in [2.05, 4.69) is 17.1 Å². The summed E-state index contributed by atoms with van der Waals surface area (Å²) in [5.41, 5.74) is 1.37. The molecule has 1 N–H and O–H groups in total. The Hall–Kier alpha value is -0.0600. The summed E-state index contributed by atoms with van der Waals surface area (Å²) >= 11 is 4.02. The van der Waals surface area contributed by atoms with Gasteiger partial charge in [-0.15, -0.1) is 11.3 Å². The number of nitrogens with one attached hydrogen (secondary N) is 1. The highest BCUT2D eigenvalue weighted by atomic mass is 32.2. The first-order chi connectivity index (χ1) is 6.93. The fraction of sp³-hybridized carbons (Fsp3) is 0.700. The van der Waals surface area contributed by atoms with Crippen molar-refractivity contribution in [1.29, 1.82) is 0 Å². The molecule has 1 fully saturated rings. The van der Waals surface area contributed by atoms with Crippen LogP contribution in [0.25, 0.3) is 0 Å². The van der Waals surface area contributed by atoms with Gasteiger partial charge in [-0.25, -0.2) is 4.98 Å². The lowest BCUT2D eigenvalue weighted by Gasteiger charge is -2.09. The van der Waals surface area contributed by atoms with E-state index in [4.69, 9.17) is 4.98 Å². The topological polar surface area (TPSA) is 24.9 Å². The third-order valence-electron chi connectivity index (χ3n) is 2.82. The Labute approximate surface area is 92.5 Å². The van der Waals surface area contributed by atoms with Crippen LogP contribution < -0.4 is 5.32 Å². The van der Waals surface area contributed by atoms with Crippen molar-refractivity contribution in [1.82, 2.24) is 10.3 Å². The number of rotatable bonds is 1. The summed E-state index contributed by atoms with van der Waals surface area (Å²) in [6.07, 6.45) is 3.84. The third kappa shape index (κ3) is 1.59. The van der Waals surface area contributed by atoms with E-state index in [0.717, 1.165) is 19.5 Å². The number of hydrogen-bond donors (Lipinski definition) is 1. The van der Waals surface area contributed by atoms with Crippen LogP contribution in [0.4, 0.5) is 0 Å². The lowest BCUT2D eigenvalue weighted by Crippen LogP contribution is -2.22. The molecule has 2 nitrogen and oxygen atoms in total. The number of hydrogen-bond acceptors (Lipinski definition) is 4. The smallest absolute Gasteiger partial charge is 0.106 e. The van der Waals surface area contributed by atoms with Gasteiger partial charge in [0, 0.05) is 24.4 Å². The van der Waals surface area contributed by atoms with Gasteiger partial charge >= 0.3 is 0 Å². The molecular formula is C10H14N2S2. The van der Waals surface area contributed by atoms with Gasteiger partial charge in [0.25, 0.3) is 0 Å². The second-order valence-corrected chi connectivity index (χ2v) is 6.28. The van der Waals surface area contributed by atoms with Gasteiger partial charge in [-0.1, -0.05) is 0 Å². The van der Waals surface area contributed by atoms with Crippen molar-refractivity contribution in [3.05, 3.63) is 15.6 Å². The molecule has 3 rings (SSSR count). The van der Waals surface area contributed by atoms with Crippen molar-refractivity contribution in [2.75, 3.05) is 12.3 Å². The van der Waals surface area contributed by atoms with Crippen molar-refractivity contribution in [2.45, 2.75) is 31.1 Å². The minimum atomic E-state index is 0.714. The van der Waals surface area contributed by atoms with Crippen LogP contribution in [-0.4, -0.2) is 17.3 Å². The zero-order valence-corrected chi connectivity index (χ0v) is 9.72. The first kappa shape index (κ1) is 9.19. The maximum atomic E-state index is 4.79. The van der Waals surface area contributed by atoms with Gasteiger partial charge in [0.2, 0.25) is 0 Å². The quantitative estimate of drug-likeness (QED) is 0.795. The summed E-state index contributed by atoms with van der Waals surface area (Å²) in [6.45, 7) is 2.15. The van der Waals surface area contributed by atoms with Crippen LogP contribution in [0, 0.1) is 0 Å². The lowest BCUT2D eigenvalue weighted by molar-refractivity contribution is 0.642. The number of aromatic nitrogens is 1. The Morgan fingerprint density at radius 3 is 3.21 bits per heavy atom. The summed E-state index contributed by atoms with van der Waals surface area (Å²) in [6, 6.07) is 0. The summed E-state index contributed by atoms with van der Waals surface area (Å²) in [4.78, 5) is 6.28. The van der Waals surface area contributed by atoms with Crippen molar-refractivity contribution >= 4 is 23.1 Å². The average Bonchev–Trinajstić information content (AvgIpc) is 2.86. The standard InChI is InChI=1S/C10H14N2S2/c1-2-8(13-5-1)10-12-7-3-4-11-6-9(7)14-10/h8,11H,1-6H2. The third-order valence-corrected chi connectivity index (χ3v) is 5.57. The maximum absolute atomic E-state index is 4.79. The normalized spacial score (nSPS) is 26.4.